The van der Waals surface area contributed by atoms with Gasteiger partial charge in [-0.1, -0.05) is 0 Å². The van der Waals surface area contributed by atoms with Crippen molar-refractivity contribution in [1.82, 2.24) is 29.6 Å². The van der Waals surface area contributed by atoms with Gasteiger partial charge in [0.2, 0.25) is 11.9 Å². The maximum absolute atomic E-state index is 12.8. The molecular formula is C24H29N7O. The van der Waals surface area contributed by atoms with Crippen LogP contribution >= 0.6 is 0 Å². The van der Waals surface area contributed by atoms with Crippen LogP contribution in [-0.4, -0.2) is 48.6 Å². The van der Waals surface area contributed by atoms with Gasteiger partial charge in [0.1, 0.15) is 0 Å². The molecule has 1 N–H and O–H groups in total. The molecular weight excluding hydrogens is 402 g/mol. The van der Waals surface area contributed by atoms with Gasteiger partial charge in [0, 0.05) is 72.4 Å². The van der Waals surface area contributed by atoms with Gasteiger partial charge in [0.25, 0.3) is 0 Å². The van der Waals surface area contributed by atoms with E-state index in [1.165, 1.54) is 0 Å². The second kappa shape index (κ2) is 9.30. The first-order valence-electron chi connectivity index (χ1n) is 10.9. The van der Waals surface area contributed by atoms with Crippen LogP contribution in [0.3, 0.4) is 0 Å². The van der Waals surface area contributed by atoms with Crippen LogP contribution in [0.2, 0.25) is 0 Å². The fraction of sp³-hybridized carbons (Fsp3) is 0.375. The van der Waals surface area contributed by atoms with E-state index < -0.39 is 0 Å². The minimum Gasteiger partial charge on any atom is -0.338 e. The molecule has 8 heteroatoms. The predicted molar refractivity (Wildman–Crippen MR) is 125 cm³/mol. The fourth-order valence-corrected chi connectivity index (χ4v) is 4.10. The van der Waals surface area contributed by atoms with Crippen molar-refractivity contribution in [2.45, 2.75) is 39.5 Å². The Morgan fingerprint density at radius 3 is 2.56 bits per heavy atom. The van der Waals surface area contributed by atoms with Gasteiger partial charge in [-0.2, -0.15) is 5.10 Å². The van der Waals surface area contributed by atoms with Gasteiger partial charge >= 0.3 is 0 Å². The van der Waals surface area contributed by atoms with Crippen LogP contribution in [0.15, 0.2) is 36.7 Å². The highest BCUT2D eigenvalue weighted by molar-refractivity contribution is 5.91. The minimum atomic E-state index is 0.0215. The van der Waals surface area contributed by atoms with Crippen LogP contribution < -0.4 is 5.32 Å². The molecule has 1 aliphatic heterocycles. The third-order valence-electron chi connectivity index (χ3n) is 5.51. The molecule has 1 fully saturated rings. The van der Waals surface area contributed by atoms with E-state index in [0.29, 0.717) is 12.5 Å². The first-order valence-corrected chi connectivity index (χ1v) is 10.9. The van der Waals surface area contributed by atoms with Crippen molar-refractivity contribution < 1.29 is 4.79 Å². The standard InChI is InChI=1S/C24H29N7O/c1-16-10-17(2)28-24(27-16)29-21-11-18(3)26-22(12-21)20-6-5-9-31(15-20)23(32)8-7-19-13-25-30(4)14-19/h7-8,10-14,20H,5-6,9,15H2,1-4H3,(H,26,27,28,29)/b8-7+/t20-/m0/s1. The molecule has 0 bridgehead atoms. The Morgan fingerprint density at radius 2 is 1.84 bits per heavy atom. The van der Waals surface area contributed by atoms with Crippen molar-refractivity contribution in [2.24, 2.45) is 7.05 Å². The van der Waals surface area contributed by atoms with E-state index in [2.05, 4.69) is 26.4 Å². The SMILES string of the molecule is Cc1cc(Nc2nc(C)cc(C)n2)cc([C@H]2CCCN(C(=O)/C=C/c3cnn(C)c3)C2)n1. The van der Waals surface area contributed by atoms with E-state index in [0.717, 1.165) is 53.4 Å². The zero-order chi connectivity index (χ0) is 22.7. The maximum Gasteiger partial charge on any atom is 0.246 e. The Bertz CT molecular complexity index is 1130. The highest BCUT2D eigenvalue weighted by atomic mass is 16.2. The van der Waals surface area contributed by atoms with E-state index in [1.54, 1.807) is 17.0 Å². The summed E-state index contributed by atoms with van der Waals surface area (Å²) >= 11 is 0. The molecule has 0 unspecified atom stereocenters. The van der Waals surface area contributed by atoms with Gasteiger partial charge in [0.05, 0.1) is 6.20 Å². The summed E-state index contributed by atoms with van der Waals surface area (Å²) in [6.07, 6.45) is 9.03. The van der Waals surface area contributed by atoms with E-state index in [9.17, 15) is 4.79 Å². The summed E-state index contributed by atoms with van der Waals surface area (Å²) in [5.74, 6) is 0.799. The molecule has 3 aromatic rings. The third-order valence-corrected chi connectivity index (χ3v) is 5.51. The number of likely N-dealkylation sites (tertiary alicyclic amines) is 1. The van der Waals surface area contributed by atoms with Gasteiger partial charge in [0.15, 0.2) is 0 Å². The van der Waals surface area contributed by atoms with E-state index in [-0.39, 0.29) is 11.8 Å². The summed E-state index contributed by atoms with van der Waals surface area (Å²) in [5.41, 5.74) is 5.59. The quantitative estimate of drug-likeness (QED) is 0.620. The van der Waals surface area contributed by atoms with Gasteiger partial charge in [-0.25, -0.2) is 9.97 Å². The smallest absolute Gasteiger partial charge is 0.246 e. The van der Waals surface area contributed by atoms with Crippen LogP contribution in [0.25, 0.3) is 6.08 Å². The molecule has 1 saturated heterocycles. The number of piperidine rings is 1. The van der Waals surface area contributed by atoms with Crippen molar-refractivity contribution >= 4 is 23.6 Å². The molecule has 1 amide bonds. The molecule has 0 spiro atoms. The number of rotatable bonds is 5. The minimum absolute atomic E-state index is 0.0215. The Morgan fingerprint density at radius 1 is 1.09 bits per heavy atom. The lowest BCUT2D eigenvalue weighted by molar-refractivity contribution is -0.127. The van der Waals surface area contributed by atoms with Gasteiger partial charge in [-0.15, -0.1) is 0 Å². The summed E-state index contributed by atoms with van der Waals surface area (Å²) < 4.78 is 1.72. The van der Waals surface area contributed by atoms with Crippen LogP contribution in [0.4, 0.5) is 11.6 Å². The number of nitrogens with zero attached hydrogens (tertiary/aromatic N) is 6. The molecule has 166 valence electrons. The van der Waals surface area contributed by atoms with Gasteiger partial charge < -0.3 is 10.2 Å². The summed E-state index contributed by atoms with van der Waals surface area (Å²) in [5, 5.41) is 7.45. The molecule has 1 atom stereocenters. The second-order valence-corrected chi connectivity index (χ2v) is 8.43. The number of aromatic nitrogens is 5. The third kappa shape index (κ3) is 5.38. The topological polar surface area (TPSA) is 88.8 Å². The predicted octanol–water partition coefficient (Wildman–Crippen LogP) is 3.69. The van der Waals surface area contributed by atoms with Crippen molar-refractivity contribution in [3.63, 3.8) is 0 Å². The Labute approximate surface area is 188 Å². The number of hydrogen-bond donors (Lipinski definition) is 1. The molecule has 0 aromatic carbocycles. The molecule has 4 heterocycles. The highest BCUT2D eigenvalue weighted by Gasteiger charge is 2.25. The van der Waals surface area contributed by atoms with E-state index in [1.807, 2.05) is 57.1 Å². The molecule has 8 nitrogen and oxygen atoms in total. The van der Waals surface area contributed by atoms with E-state index in [4.69, 9.17) is 4.98 Å². The lowest BCUT2D eigenvalue weighted by Crippen LogP contribution is -2.38. The van der Waals surface area contributed by atoms with Crippen molar-refractivity contribution in [2.75, 3.05) is 18.4 Å². The summed E-state index contributed by atoms with van der Waals surface area (Å²) in [4.78, 5) is 28.4. The molecule has 0 saturated carbocycles. The molecule has 4 rings (SSSR count). The number of carbonyl (C=O) groups excluding carboxylic acids is 1. The Balaban J connectivity index is 1.48. The average Bonchev–Trinajstić information content (AvgIpc) is 3.16. The van der Waals surface area contributed by atoms with Gasteiger partial charge in [-0.3, -0.25) is 14.5 Å². The van der Waals surface area contributed by atoms with Crippen molar-refractivity contribution in [3.05, 3.63) is 65.0 Å². The Hall–Kier alpha value is -3.55. The number of anilines is 2. The average molecular weight is 432 g/mol. The van der Waals surface area contributed by atoms with E-state index >= 15 is 0 Å². The van der Waals surface area contributed by atoms with Crippen LogP contribution in [-0.2, 0) is 11.8 Å². The largest absolute Gasteiger partial charge is 0.338 e. The fourth-order valence-electron chi connectivity index (χ4n) is 4.10. The zero-order valence-electron chi connectivity index (χ0n) is 19.0. The molecule has 3 aromatic heterocycles. The summed E-state index contributed by atoms with van der Waals surface area (Å²) in [6, 6.07) is 6.00. The lowest BCUT2D eigenvalue weighted by Gasteiger charge is -2.32. The Kier molecular flexibility index (Phi) is 6.30. The zero-order valence-corrected chi connectivity index (χ0v) is 19.0. The number of nitrogens with one attached hydrogen (secondary N) is 1. The molecule has 0 radical (unpaired) electrons. The van der Waals surface area contributed by atoms with Crippen LogP contribution in [0.1, 0.15) is 47.1 Å². The second-order valence-electron chi connectivity index (χ2n) is 8.43. The first-order chi connectivity index (χ1) is 15.4. The number of carbonyl (C=O) groups is 1. The maximum atomic E-state index is 12.8. The van der Waals surface area contributed by atoms with Crippen LogP contribution in [0.5, 0.6) is 0 Å². The molecule has 1 aliphatic rings. The normalized spacial score (nSPS) is 16.5. The lowest BCUT2D eigenvalue weighted by atomic mass is 9.93. The van der Waals surface area contributed by atoms with Crippen LogP contribution in [0, 0.1) is 20.8 Å². The summed E-state index contributed by atoms with van der Waals surface area (Å²) in [7, 11) is 1.86. The molecule has 32 heavy (non-hydrogen) atoms. The monoisotopic (exact) mass is 431 g/mol. The number of pyridine rings is 1. The van der Waals surface area contributed by atoms with Crippen molar-refractivity contribution in [1.29, 1.82) is 0 Å². The molecule has 0 aliphatic carbocycles. The highest BCUT2D eigenvalue weighted by Crippen LogP contribution is 2.28. The summed E-state index contributed by atoms with van der Waals surface area (Å²) in [6.45, 7) is 7.32. The van der Waals surface area contributed by atoms with Crippen molar-refractivity contribution in [3.8, 4) is 0 Å². The number of amides is 1. The van der Waals surface area contributed by atoms with Gasteiger partial charge in [-0.05, 0) is 57.9 Å². The first kappa shape index (κ1) is 21.7. The number of aryl methyl sites for hydroxylation is 4. The number of hydrogen-bond acceptors (Lipinski definition) is 6.